The molecule has 1 aliphatic carbocycles. The highest BCUT2D eigenvalue weighted by molar-refractivity contribution is 8.00. The molecule has 118 valence electrons. The lowest BCUT2D eigenvalue weighted by Gasteiger charge is -2.44. The van der Waals surface area contributed by atoms with Gasteiger partial charge in [0.2, 0.25) is 5.82 Å². The summed E-state index contributed by atoms with van der Waals surface area (Å²) in [5.74, 6) is 1.48. The molecule has 1 saturated carbocycles. The van der Waals surface area contributed by atoms with Gasteiger partial charge in [-0.2, -0.15) is 16.7 Å². The lowest BCUT2D eigenvalue weighted by Crippen LogP contribution is -2.54. The van der Waals surface area contributed by atoms with Crippen molar-refractivity contribution in [3.8, 4) is 11.4 Å². The summed E-state index contributed by atoms with van der Waals surface area (Å²) in [5, 5.41) is 18.4. The number of hydrogen-bond donors (Lipinski definition) is 2. The van der Waals surface area contributed by atoms with Crippen LogP contribution in [0.15, 0.2) is 28.8 Å². The van der Waals surface area contributed by atoms with E-state index in [9.17, 15) is 5.11 Å². The highest BCUT2D eigenvalue weighted by atomic mass is 35.5. The average molecular weight is 340 g/mol. The van der Waals surface area contributed by atoms with E-state index >= 15 is 0 Å². The summed E-state index contributed by atoms with van der Waals surface area (Å²) in [4.78, 5) is 4.29. The van der Waals surface area contributed by atoms with Gasteiger partial charge < -0.3 is 14.9 Å². The standard InChI is InChI=1S/C15H18ClN3O2S/c1-2-22-12-6-7-15(12,20)9-17-14-18-13(19-21-14)10-4-3-5-11(16)8-10/h3-5,8,12,20H,2,6-7,9H2,1H3,(H,17,18,19). The highest BCUT2D eigenvalue weighted by Crippen LogP contribution is 2.41. The van der Waals surface area contributed by atoms with E-state index < -0.39 is 5.60 Å². The molecule has 1 aromatic heterocycles. The molecule has 2 unspecified atom stereocenters. The molecular formula is C15H18ClN3O2S. The monoisotopic (exact) mass is 339 g/mol. The van der Waals surface area contributed by atoms with Crippen LogP contribution in [0.25, 0.3) is 11.4 Å². The molecule has 7 heteroatoms. The van der Waals surface area contributed by atoms with E-state index in [1.54, 1.807) is 23.9 Å². The number of hydrogen-bond acceptors (Lipinski definition) is 6. The quantitative estimate of drug-likeness (QED) is 0.840. The molecule has 0 amide bonds. The first-order valence-electron chi connectivity index (χ1n) is 7.28. The Bertz CT molecular complexity index is 651. The number of thioether (sulfide) groups is 1. The number of aromatic nitrogens is 2. The molecule has 0 bridgehead atoms. The molecule has 0 spiro atoms. The molecule has 1 aromatic carbocycles. The number of anilines is 1. The maximum Gasteiger partial charge on any atom is 0.321 e. The first kappa shape index (κ1) is 15.6. The normalized spacial score (nSPS) is 24.0. The highest BCUT2D eigenvalue weighted by Gasteiger charge is 2.45. The summed E-state index contributed by atoms with van der Waals surface area (Å²) in [6.45, 7) is 2.52. The van der Waals surface area contributed by atoms with E-state index in [-0.39, 0.29) is 5.25 Å². The third-order valence-electron chi connectivity index (χ3n) is 3.86. The van der Waals surface area contributed by atoms with Crippen LogP contribution in [0, 0.1) is 0 Å². The van der Waals surface area contributed by atoms with Gasteiger partial charge in [0.15, 0.2) is 0 Å². The molecule has 3 rings (SSSR count). The average Bonchev–Trinajstić information content (AvgIpc) is 2.98. The Morgan fingerprint density at radius 3 is 3.09 bits per heavy atom. The number of aliphatic hydroxyl groups is 1. The van der Waals surface area contributed by atoms with Crippen LogP contribution in [0.2, 0.25) is 5.02 Å². The largest absolute Gasteiger partial charge is 0.387 e. The van der Waals surface area contributed by atoms with Crippen molar-refractivity contribution >= 4 is 29.4 Å². The first-order chi connectivity index (χ1) is 10.6. The minimum atomic E-state index is -0.689. The molecule has 2 aromatic rings. The van der Waals surface area contributed by atoms with Crippen molar-refractivity contribution in [1.29, 1.82) is 0 Å². The maximum absolute atomic E-state index is 10.5. The van der Waals surface area contributed by atoms with Gasteiger partial charge in [-0.3, -0.25) is 0 Å². The Balaban J connectivity index is 1.63. The molecule has 0 saturated heterocycles. The van der Waals surface area contributed by atoms with Crippen molar-refractivity contribution in [2.45, 2.75) is 30.6 Å². The number of nitrogens with zero attached hydrogens (tertiary/aromatic N) is 2. The predicted octanol–water partition coefficient (Wildman–Crippen LogP) is 3.45. The third kappa shape index (κ3) is 3.24. The van der Waals surface area contributed by atoms with Gasteiger partial charge in [-0.25, -0.2) is 0 Å². The predicted molar refractivity (Wildman–Crippen MR) is 89.3 cm³/mol. The van der Waals surface area contributed by atoms with Gasteiger partial charge >= 0.3 is 6.01 Å². The van der Waals surface area contributed by atoms with Gasteiger partial charge in [0.1, 0.15) is 0 Å². The summed E-state index contributed by atoms with van der Waals surface area (Å²) in [6, 6.07) is 7.60. The van der Waals surface area contributed by atoms with Crippen LogP contribution >= 0.6 is 23.4 Å². The summed E-state index contributed by atoms with van der Waals surface area (Å²) >= 11 is 7.75. The van der Waals surface area contributed by atoms with Crippen LogP contribution in [0.1, 0.15) is 19.8 Å². The Morgan fingerprint density at radius 2 is 2.41 bits per heavy atom. The van der Waals surface area contributed by atoms with Crippen molar-refractivity contribution in [2.75, 3.05) is 17.6 Å². The van der Waals surface area contributed by atoms with E-state index in [2.05, 4.69) is 22.4 Å². The van der Waals surface area contributed by atoms with Gasteiger partial charge in [0, 0.05) is 22.4 Å². The first-order valence-corrected chi connectivity index (χ1v) is 8.71. The van der Waals surface area contributed by atoms with E-state index in [0.29, 0.717) is 23.4 Å². The van der Waals surface area contributed by atoms with Crippen molar-refractivity contribution < 1.29 is 9.63 Å². The topological polar surface area (TPSA) is 71.2 Å². The van der Waals surface area contributed by atoms with Crippen LogP contribution in [0.5, 0.6) is 0 Å². The minimum Gasteiger partial charge on any atom is -0.387 e. The molecule has 2 atom stereocenters. The third-order valence-corrected chi connectivity index (χ3v) is 5.51. The van der Waals surface area contributed by atoms with E-state index in [4.69, 9.17) is 16.1 Å². The zero-order chi connectivity index (χ0) is 15.6. The summed E-state index contributed by atoms with van der Waals surface area (Å²) < 4.78 is 5.18. The second kappa shape index (κ2) is 6.48. The molecule has 5 nitrogen and oxygen atoms in total. The second-order valence-corrected chi connectivity index (χ2v) is 7.29. The molecular weight excluding hydrogens is 322 g/mol. The van der Waals surface area contributed by atoms with Gasteiger partial charge in [-0.1, -0.05) is 35.8 Å². The zero-order valence-electron chi connectivity index (χ0n) is 12.3. The fraction of sp³-hybridized carbons (Fsp3) is 0.467. The number of benzene rings is 1. The second-order valence-electron chi connectivity index (χ2n) is 5.37. The summed E-state index contributed by atoms with van der Waals surface area (Å²) in [7, 11) is 0. The molecule has 0 aliphatic heterocycles. The summed E-state index contributed by atoms with van der Waals surface area (Å²) in [6.07, 6.45) is 1.85. The van der Waals surface area contributed by atoms with E-state index in [1.165, 1.54) is 0 Å². The molecule has 1 fully saturated rings. The lowest BCUT2D eigenvalue weighted by molar-refractivity contribution is -0.0124. The van der Waals surface area contributed by atoms with Gasteiger partial charge in [0.25, 0.3) is 0 Å². The molecule has 1 heterocycles. The Labute approximate surface area is 138 Å². The van der Waals surface area contributed by atoms with E-state index in [0.717, 1.165) is 24.2 Å². The summed E-state index contributed by atoms with van der Waals surface area (Å²) in [5.41, 5.74) is 0.108. The van der Waals surface area contributed by atoms with Crippen LogP contribution < -0.4 is 5.32 Å². The van der Waals surface area contributed by atoms with Crippen LogP contribution in [0.3, 0.4) is 0 Å². The Hall–Kier alpha value is -1.24. The number of halogens is 1. The smallest absolute Gasteiger partial charge is 0.321 e. The van der Waals surface area contributed by atoms with Gasteiger partial charge in [-0.15, -0.1) is 0 Å². The minimum absolute atomic E-state index is 0.278. The van der Waals surface area contributed by atoms with Crippen molar-refractivity contribution in [2.24, 2.45) is 0 Å². The zero-order valence-corrected chi connectivity index (χ0v) is 13.8. The SMILES string of the molecule is CCSC1CCC1(O)CNc1nc(-c2cccc(Cl)c2)no1. The van der Waals surface area contributed by atoms with Crippen molar-refractivity contribution in [3.05, 3.63) is 29.3 Å². The molecule has 2 N–H and O–H groups in total. The number of nitrogens with one attached hydrogen (secondary N) is 1. The Morgan fingerprint density at radius 1 is 1.55 bits per heavy atom. The fourth-order valence-electron chi connectivity index (χ4n) is 2.51. The van der Waals surface area contributed by atoms with Gasteiger partial charge in [-0.05, 0) is 30.7 Å². The lowest BCUT2D eigenvalue weighted by atomic mass is 9.79. The molecule has 0 radical (unpaired) electrons. The van der Waals surface area contributed by atoms with Crippen LogP contribution in [-0.4, -0.2) is 38.4 Å². The van der Waals surface area contributed by atoms with Crippen LogP contribution in [-0.2, 0) is 0 Å². The number of rotatable bonds is 6. The fourth-order valence-corrected chi connectivity index (χ4v) is 3.89. The maximum atomic E-state index is 10.5. The molecule has 1 aliphatic rings. The van der Waals surface area contributed by atoms with Crippen LogP contribution in [0.4, 0.5) is 6.01 Å². The Kier molecular flexibility index (Phi) is 4.61. The molecule has 22 heavy (non-hydrogen) atoms. The van der Waals surface area contributed by atoms with Crippen molar-refractivity contribution in [3.63, 3.8) is 0 Å². The van der Waals surface area contributed by atoms with E-state index in [1.807, 2.05) is 12.1 Å². The van der Waals surface area contributed by atoms with Gasteiger partial charge in [0.05, 0.1) is 5.60 Å². The van der Waals surface area contributed by atoms with Crippen molar-refractivity contribution in [1.82, 2.24) is 10.1 Å².